The fourth-order valence-corrected chi connectivity index (χ4v) is 4.01. The van der Waals surface area contributed by atoms with Crippen molar-refractivity contribution in [2.24, 2.45) is 10.2 Å². The van der Waals surface area contributed by atoms with Crippen LogP contribution in [0.25, 0.3) is 11.1 Å². The summed E-state index contributed by atoms with van der Waals surface area (Å²) in [6, 6.07) is 22.9. The van der Waals surface area contributed by atoms with Crippen LogP contribution < -0.4 is 4.72 Å². The van der Waals surface area contributed by atoms with E-state index in [2.05, 4.69) is 39.2 Å². The first-order valence-electron chi connectivity index (χ1n) is 8.86. The van der Waals surface area contributed by atoms with Crippen molar-refractivity contribution in [1.82, 2.24) is 4.72 Å². The lowest BCUT2D eigenvalue weighted by atomic mass is 10.1. The molecule has 0 radical (unpaired) electrons. The second kappa shape index (κ2) is 7.14. The number of hydrogen-bond donors (Lipinski definition) is 1. The lowest BCUT2D eigenvalue weighted by Gasteiger charge is -2.04. The predicted molar refractivity (Wildman–Crippen MR) is 112 cm³/mol. The van der Waals surface area contributed by atoms with Gasteiger partial charge in [0.05, 0.1) is 10.6 Å². The van der Waals surface area contributed by atoms with Gasteiger partial charge in [0.25, 0.3) is 0 Å². The van der Waals surface area contributed by atoms with Crippen molar-refractivity contribution in [1.29, 1.82) is 0 Å². The Hall–Kier alpha value is -3.09. The predicted octanol–water partition coefficient (Wildman–Crippen LogP) is 3.84. The van der Waals surface area contributed by atoms with Crippen molar-refractivity contribution >= 4 is 21.4 Å². The van der Waals surface area contributed by atoms with E-state index < -0.39 is 10.0 Å². The fourth-order valence-electron chi connectivity index (χ4n) is 3.28. The fraction of sp³-hybridized carbons (Fsp3) is 0.0909. The maximum absolute atomic E-state index is 11.9. The topological polar surface area (TPSA) is 70.9 Å². The number of nitrogens with zero attached hydrogens (tertiary/aromatic N) is 2. The van der Waals surface area contributed by atoms with Gasteiger partial charge < -0.3 is 0 Å². The SMILES string of the molecule is CNS(=O)(=O)c1ccc(/C(C)=N\N=C2c3ccccc3-c3ccccc32)cc1. The Labute approximate surface area is 164 Å². The highest BCUT2D eigenvalue weighted by Crippen LogP contribution is 2.36. The molecule has 0 saturated carbocycles. The van der Waals surface area contributed by atoms with Crippen molar-refractivity contribution in [2.45, 2.75) is 11.8 Å². The van der Waals surface area contributed by atoms with Gasteiger partial charge in [0, 0.05) is 11.1 Å². The van der Waals surface area contributed by atoms with Gasteiger partial charge in [-0.05, 0) is 42.8 Å². The molecule has 28 heavy (non-hydrogen) atoms. The second-order valence-corrected chi connectivity index (χ2v) is 8.34. The molecule has 0 amide bonds. The number of hydrogen-bond acceptors (Lipinski definition) is 4. The first-order valence-corrected chi connectivity index (χ1v) is 10.3. The molecule has 0 bridgehead atoms. The van der Waals surface area contributed by atoms with E-state index >= 15 is 0 Å². The van der Waals surface area contributed by atoms with Crippen LogP contribution in [-0.4, -0.2) is 26.9 Å². The van der Waals surface area contributed by atoms with Gasteiger partial charge in [-0.15, -0.1) is 5.10 Å². The number of nitrogens with one attached hydrogen (secondary N) is 1. The van der Waals surface area contributed by atoms with E-state index in [0.29, 0.717) is 5.71 Å². The Morgan fingerprint density at radius 1 is 0.786 bits per heavy atom. The Bertz CT molecular complexity index is 1160. The molecule has 3 aromatic rings. The molecule has 140 valence electrons. The molecule has 1 aliphatic carbocycles. The van der Waals surface area contributed by atoms with Gasteiger partial charge in [-0.1, -0.05) is 60.7 Å². The van der Waals surface area contributed by atoms with E-state index in [9.17, 15) is 8.42 Å². The van der Waals surface area contributed by atoms with Crippen LogP contribution in [0.2, 0.25) is 0 Å². The maximum Gasteiger partial charge on any atom is 0.240 e. The Morgan fingerprint density at radius 2 is 1.29 bits per heavy atom. The quantitative estimate of drug-likeness (QED) is 0.426. The van der Waals surface area contributed by atoms with Gasteiger partial charge in [0.2, 0.25) is 10.0 Å². The van der Waals surface area contributed by atoms with E-state index in [1.165, 1.54) is 7.05 Å². The van der Waals surface area contributed by atoms with E-state index in [1.54, 1.807) is 24.3 Å². The van der Waals surface area contributed by atoms with Crippen LogP contribution in [0.5, 0.6) is 0 Å². The molecule has 3 aromatic carbocycles. The first-order chi connectivity index (χ1) is 13.5. The molecule has 0 fully saturated rings. The van der Waals surface area contributed by atoms with Crippen molar-refractivity contribution in [3.63, 3.8) is 0 Å². The Balaban J connectivity index is 1.71. The molecule has 0 heterocycles. The lowest BCUT2D eigenvalue weighted by Crippen LogP contribution is -2.18. The molecule has 0 spiro atoms. The van der Waals surface area contributed by atoms with Crippen LogP contribution in [0.3, 0.4) is 0 Å². The molecule has 0 aliphatic heterocycles. The van der Waals surface area contributed by atoms with Crippen LogP contribution in [0.15, 0.2) is 87.9 Å². The summed E-state index contributed by atoms with van der Waals surface area (Å²) < 4.78 is 26.0. The largest absolute Gasteiger partial charge is 0.240 e. The van der Waals surface area contributed by atoms with E-state index in [0.717, 1.165) is 33.5 Å². The summed E-state index contributed by atoms with van der Waals surface area (Å²) in [7, 11) is -2.06. The van der Waals surface area contributed by atoms with Gasteiger partial charge in [-0.3, -0.25) is 0 Å². The maximum atomic E-state index is 11.9. The highest BCUT2D eigenvalue weighted by Gasteiger charge is 2.23. The summed E-state index contributed by atoms with van der Waals surface area (Å²) in [6.07, 6.45) is 0. The minimum Gasteiger partial charge on any atom is -0.214 e. The van der Waals surface area contributed by atoms with Crippen LogP contribution >= 0.6 is 0 Å². The lowest BCUT2D eigenvalue weighted by molar-refractivity contribution is 0.588. The monoisotopic (exact) mass is 389 g/mol. The zero-order valence-electron chi connectivity index (χ0n) is 15.5. The molecular weight excluding hydrogens is 370 g/mol. The average molecular weight is 389 g/mol. The molecule has 6 heteroatoms. The highest BCUT2D eigenvalue weighted by atomic mass is 32.2. The van der Waals surface area contributed by atoms with Crippen molar-refractivity contribution in [3.05, 3.63) is 89.5 Å². The highest BCUT2D eigenvalue weighted by molar-refractivity contribution is 7.89. The van der Waals surface area contributed by atoms with Crippen LogP contribution in [0.1, 0.15) is 23.6 Å². The zero-order chi connectivity index (χ0) is 19.7. The molecular formula is C22H19N3O2S. The first kappa shape index (κ1) is 18.3. The number of benzene rings is 3. The smallest absolute Gasteiger partial charge is 0.214 e. The zero-order valence-corrected chi connectivity index (χ0v) is 16.4. The van der Waals surface area contributed by atoms with Crippen LogP contribution in [0.4, 0.5) is 0 Å². The molecule has 4 rings (SSSR count). The Kier molecular flexibility index (Phi) is 4.66. The summed E-state index contributed by atoms with van der Waals surface area (Å²) in [5.41, 5.74) is 6.82. The summed E-state index contributed by atoms with van der Waals surface area (Å²) in [5, 5.41) is 8.97. The third kappa shape index (κ3) is 3.17. The molecule has 0 atom stereocenters. The molecule has 0 unspecified atom stereocenters. The van der Waals surface area contributed by atoms with Crippen molar-refractivity contribution in [2.75, 3.05) is 7.05 Å². The van der Waals surface area contributed by atoms with E-state index in [-0.39, 0.29) is 4.90 Å². The minimum atomic E-state index is -3.45. The normalized spacial score (nSPS) is 13.2. The summed E-state index contributed by atoms with van der Waals surface area (Å²) >= 11 is 0. The molecule has 5 nitrogen and oxygen atoms in total. The van der Waals surface area contributed by atoms with Crippen molar-refractivity contribution in [3.8, 4) is 11.1 Å². The van der Waals surface area contributed by atoms with Crippen molar-refractivity contribution < 1.29 is 8.42 Å². The average Bonchev–Trinajstić information content (AvgIpc) is 3.06. The summed E-state index contributed by atoms with van der Waals surface area (Å²) in [6.45, 7) is 1.86. The number of sulfonamides is 1. The van der Waals surface area contributed by atoms with Gasteiger partial charge in [0.1, 0.15) is 5.71 Å². The van der Waals surface area contributed by atoms with Gasteiger partial charge >= 0.3 is 0 Å². The summed E-state index contributed by atoms with van der Waals surface area (Å²) in [5.74, 6) is 0. The Morgan fingerprint density at radius 3 is 1.79 bits per heavy atom. The van der Waals surface area contributed by atoms with Crippen LogP contribution in [-0.2, 0) is 10.0 Å². The molecule has 0 saturated heterocycles. The second-order valence-electron chi connectivity index (χ2n) is 6.46. The number of fused-ring (bicyclic) bond motifs is 3. The molecule has 1 aliphatic rings. The third-order valence-electron chi connectivity index (χ3n) is 4.81. The number of rotatable bonds is 4. The minimum absolute atomic E-state index is 0.219. The molecule has 0 aromatic heterocycles. The van der Waals surface area contributed by atoms with E-state index in [1.807, 2.05) is 31.2 Å². The van der Waals surface area contributed by atoms with Crippen LogP contribution in [0, 0.1) is 0 Å². The standard InChI is InChI=1S/C22H19N3O2S/c1-15(16-11-13-17(14-12-16)28(26,27)23-2)24-25-22-20-9-5-3-7-18(20)19-8-4-6-10-21(19)22/h3-14,23H,1-2H3/b24-15-. The van der Waals surface area contributed by atoms with Gasteiger partial charge in [-0.25, -0.2) is 13.1 Å². The van der Waals surface area contributed by atoms with Gasteiger partial charge in [0.15, 0.2) is 0 Å². The summed E-state index contributed by atoms with van der Waals surface area (Å²) in [4.78, 5) is 0.219. The third-order valence-corrected chi connectivity index (χ3v) is 6.24. The molecule has 1 N–H and O–H groups in total. The van der Waals surface area contributed by atoms with E-state index in [4.69, 9.17) is 0 Å². The van der Waals surface area contributed by atoms with Gasteiger partial charge in [-0.2, -0.15) is 5.10 Å².